The van der Waals surface area contributed by atoms with Crippen LogP contribution in [0.25, 0.3) is 10.6 Å². The summed E-state index contributed by atoms with van der Waals surface area (Å²) < 4.78 is 5.23. The molecule has 6 nitrogen and oxygen atoms in total. The van der Waals surface area contributed by atoms with Gasteiger partial charge in [0.2, 0.25) is 5.91 Å². The van der Waals surface area contributed by atoms with Gasteiger partial charge in [0, 0.05) is 24.0 Å². The molecule has 1 aliphatic rings. The topological polar surface area (TPSA) is 71.5 Å². The largest absolute Gasteiger partial charge is 0.378 e. The van der Waals surface area contributed by atoms with Gasteiger partial charge in [0.1, 0.15) is 16.7 Å². The lowest BCUT2D eigenvalue weighted by Gasteiger charge is -2.29. The number of carbonyl (C=O) groups excluding carboxylic acids is 2. The maximum Gasteiger partial charge on any atom is 0.271 e. The highest BCUT2D eigenvalue weighted by atomic mass is 32.1. The quantitative estimate of drug-likeness (QED) is 0.917. The van der Waals surface area contributed by atoms with Gasteiger partial charge in [-0.2, -0.15) is 0 Å². The molecule has 1 unspecified atom stereocenters. The molecule has 1 aliphatic heterocycles. The van der Waals surface area contributed by atoms with Crippen molar-refractivity contribution in [3.8, 4) is 10.6 Å². The molecule has 1 N–H and O–H groups in total. The lowest BCUT2D eigenvalue weighted by molar-refractivity contribution is -0.136. The van der Waals surface area contributed by atoms with Gasteiger partial charge in [0.15, 0.2) is 0 Å². The molecule has 1 aromatic carbocycles. The van der Waals surface area contributed by atoms with Crippen molar-refractivity contribution < 1.29 is 14.3 Å². The summed E-state index contributed by atoms with van der Waals surface area (Å²) in [7, 11) is 0. The number of rotatable bonds is 4. The minimum Gasteiger partial charge on any atom is -0.378 e. The monoisotopic (exact) mass is 345 g/mol. The fourth-order valence-electron chi connectivity index (χ4n) is 2.48. The first-order valence-corrected chi connectivity index (χ1v) is 8.71. The molecule has 1 fully saturated rings. The van der Waals surface area contributed by atoms with E-state index >= 15 is 0 Å². The van der Waals surface area contributed by atoms with E-state index in [0.717, 1.165) is 10.6 Å². The van der Waals surface area contributed by atoms with Crippen molar-refractivity contribution in [3.63, 3.8) is 0 Å². The van der Waals surface area contributed by atoms with Crippen LogP contribution in [0, 0.1) is 0 Å². The zero-order chi connectivity index (χ0) is 16.9. The molecule has 0 bridgehead atoms. The van der Waals surface area contributed by atoms with Crippen molar-refractivity contribution in [1.82, 2.24) is 15.2 Å². The first-order chi connectivity index (χ1) is 11.6. The Hall–Kier alpha value is -2.25. The summed E-state index contributed by atoms with van der Waals surface area (Å²) in [5.74, 6) is -0.423. The Balaban J connectivity index is 1.62. The molecule has 1 saturated heterocycles. The Morgan fingerprint density at radius 2 is 1.96 bits per heavy atom. The van der Waals surface area contributed by atoms with Gasteiger partial charge in [-0.25, -0.2) is 4.98 Å². The smallest absolute Gasteiger partial charge is 0.271 e. The van der Waals surface area contributed by atoms with Crippen molar-refractivity contribution in [2.45, 2.75) is 13.0 Å². The maximum atomic E-state index is 12.3. The Morgan fingerprint density at radius 3 is 2.67 bits per heavy atom. The molecule has 2 amide bonds. The molecule has 2 heterocycles. The van der Waals surface area contributed by atoms with Crippen molar-refractivity contribution >= 4 is 23.2 Å². The molecule has 0 aliphatic carbocycles. The third-order valence-electron chi connectivity index (χ3n) is 3.80. The number of hydrogen-bond donors (Lipinski definition) is 1. The summed E-state index contributed by atoms with van der Waals surface area (Å²) in [5, 5.41) is 5.23. The van der Waals surface area contributed by atoms with E-state index in [4.69, 9.17) is 4.74 Å². The molecular formula is C17H19N3O3S. The standard InChI is InChI=1S/C17H19N3O3S/c1-12(17(22)20-7-9-23-10-8-20)18-15(21)14-11-24-16(19-14)13-5-3-2-4-6-13/h2-6,11-12H,7-10H2,1H3,(H,18,21). The van der Waals surface area contributed by atoms with Crippen molar-refractivity contribution in [2.75, 3.05) is 26.3 Å². The van der Waals surface area contributed by atoms with E-state index in [0.29, 0.717) is 32.0 Å². The number of amides is 2. The van der Waals surface area contributed by atoms with Crippen LogP contribution in [0.3, 0.4) is 0 Å². The van der Waals surface area contributed by atoms with E-state index in [9.17, 15) is 9.59 Å². The van der Waals surface area contributed by atoms with Crippen molar-refractivity contribution in [2.24, 2.45) is 0 Å². The fourth-order valence-corrected chi connectivity index (χ4v) is 3.29. The molecule has 0 saturated carbocycles. The van der Waals surface area contributed by atoms with E-state index in [1.54, 1.807) is 17.2 Å². The molecule has 0 spiro atoms. The maximum absolute atomic E-state index is 12.3. The number of carbonyl (C=O) groups is 2. The highest BCUT2D eigenvalue weighted by Gasteiger charge is 2.24. The van der Waals surface area contributed by atoms with Crippen LogP contribution in [0.5, 0.6) is 0 Å². The van der Waals surface area contributed by atoms with E-state index in [1.807, 2.05) is 30.3 Å². The first-order valence-electron chi connectivity index (χ1n) is 7.83. The third-order valence-corrected chi connectivity index (χ3v) is 4.69. The summed E-state index contributed by atoms with van der Waals surface area (Å²) in [4.78, 5) is 30.7. The lowest BCUT2D eigenvalue weighted by Crippen LogP contribution is -2.50. The van der Waals surface area contributed by atoms with E-state index in [2.05, 4.69) is 10.3 Å². The predicted molar refractivity (Wildman–Crippen MR) is 91.9 cm³/mol. The molecule has 1 atom stereocenters. The Bertz CT molecular complexity index is 711. The second-order valence-electron chi connectivity index (χ2n) is 5.54. The van der Waals surface area contributed by atoms with Crippen LogP contribution >= 0.6 is 11.3 Å². The summed E-state index contributed by atoms with van der Waals surface area (Å²) in [6.45, 7) is 3.90. The van der Waals surface area contributed by atoms with Gasteiger partial charge in [-0.1, -0.05) is 30.3 Å². The highest BCUT2D eigenvalue weighted by molar-refractivity contribution is 7.13. The molecule has 0 radical (unpaired) electrons. The number of hydrogen-bond acceptors (Lipinski definition) is 5. The van der Waals surface area contributed by atoms with Crippen LogP contribution in [0.4, 0.5) is 0 Å². The SMILES string of the molecule is CC(NC(=O)c1csc(-c2ccccc2)n1)C(=O)N1CCOCC1. The van der Waals surface area contributed by atoms with Crippen LogP contribution in [0.15, 0.2) is 35.7 Å². The van der Waals surface area contributed by atoms with E-state index in [-0.39, 0.29) is 11.8 Å². The molecule has 3 rings (SSSR count). The van der Waals surface area contributed by atoms with E-state index in [1.165, 1.54) is 11.3 Å². The summed E-state index contributed by atoms with van der Waals surface area (Å²) in [5.41, 5.74) is 1.31. The van der Waals surface area contributed by atoms with Crippen LogP contribution in [0.1, 0.15) is 17.4 Å². The van der Waals surface area contributed by atoms with Crippen LogP contribution in [-0.2, 0) is 9.53 Å². The second-order valence-corrected chi connectivity index (χ2v) is 6.39. The van der Waals surface area contributed by atoms with Gasteiger partial charge in [-0.3, -0.25) is 9.59 Å². The summed E-state index contributed by atoms with van der Waals surface area (Å²) >= 11 is 1.41. The number of morpholine rings is 1. The van der Waals surface area contributed by atoms with Gasteiger partial charge in [0.05, 0.1) is 13.2 Å². The molecule has 7 heteroatoms. The average Bonchev–Trinajstić information content (AvgIpc) is 3.13. The summed E-state index contributed by atoms with van der Waals surface area (Å²) in [6.07, 6.45) is 0. The van der Waals surface area contributed by atoms with Gasteiger partial charge in [-0.15, -0.1) is 11.3 Å². The van der Waals surface area contributed by atoms with Gasteiger partial charge in [-0.05, 0) is 6.92 Å². The van der Waals surface area contributed by atoms with Gasteiger partial charge < -0.3 is 15.0 Å². The second kappa shape index (κ2) is 7.55. The number of nitrogens with zero attached hydrogens (tertiary/aromatic N) is 2. The Labute approximate surface area is 144 Å². The number of ether oxygens (including phenoxy) is 1. The zero-order valence-electron chi connectivity index (χ0n) is 13.4. The lowest BCUT2D eigenvalue weighted by atomic mass is 10.2. The van der Waals surface area contributed by atoms with Crippen LogP contribution < -0.4 is 5.32 Å². The zero-order valence-corrected chi connectivity index (χ0v) is 14.2. The number of thiazole rings is 1. The van der Waals surface area contributed by atoms with Gasteiger partial charge in [0.25, 0.3) is 5.91 Å². The molecular weight excluding hydrogens is 326 g/mol. The number of aromatic nitrogens is 1. The molecule has 24 heavy (non-hydrogen) atoms. The number of benzene rings is 1. The van der Waals surface area contributed by atoms with Crippen molar-refractivity contribution in [1.29, 1.82) is 0 Å². The first kappa shape index (κ1) is 16.6. The Morgan fingerprint density at radius 1 is 1.25 bits per heavy atom. The van der Waals surface area contributed by atoms with Crippen LogP contribution in [-0.4, -0.2) is 54.0 Å². The minimum absolute atomic E-state index is 0.0924. The van der Waals surface area contributed by atoms with Crippen LogP contribution in [0.2, 0.25) is 0 Å². The fraction of sp³-hybridized carbons (Fsp3) is 0.353. The van der Waals surface area contributed by atoms with Crippen molar-refractivity contribution in [3.05, 3.63) is 41.4 Å². The Kier molecular flexibility index (Phi) is 5.22. The molecule has 126 valence electrons. The van der Waals surface area contributed by atoms with E-state index < -0.39 is 6.04 Å². The predicted octanol–water partition coefficient (Wildman–Crippen LogP) is 1.79. The highest BCUT2D eigenvalue weighted by Crippen LogP contribution is 2.23. The third kappa shape index (κ3) is 3.80. The normalized spacial score (nSPS) is 15.8. The van der Waals surface area contributed by atoms with Gasteiger partial charge >= 0.3 is 0 Å². The average molecular weight is 345 g/mol. The number of nitrogens with one attached hydrogen (secondary N) is 1. The molecule has 1 aromatic heterocycles. The minimum atomic E-state index is -0.586. The molecule has 2 aromatic rings. The summed E-state index contributed by atoms with van der Waals surface area (Å²) in [6, 6.07) is 9.11.